The van der Waals surface area contributed by atoms with Gasteiger partial charge in [0.05, 0.1) is 0 Å². The third-order valence-electron chi connectivity index (χ3n) is 2.97. The molecule has 0 unspecified atom stereocenters. The molecule has 1 fully saturated rings. The van der Waals surface area contributed by atoms with Gasteiger partial charge >= 0.3 is 40.9 Å². The van der Waals surface area contributed by atoms with Crippen LogP contribution in [0.3, 0.4) is 0 Å². The topological polar surface area (TPSA) is 67.8 Å². The fraction of sp³-hybridized carbons (Fsp3) is 0.700. The first kappa shape index (κ1) is 15.0. The van der Waals surface area contributed by atoms with E-state index in [-0.39, 0.29) is 41.3 Å². The van der Waals surface area contributed by atoms with E-state index in [0.717, 1.165) is 25.7 Å². The monoisotopic (exact) mass is 264 g/mol. The van der Waals surface area contributed by atoms with Gasteiger partial charge in [-0.3, -0.25) is 4.98 Å². The molecule has 88 valence electrons. The molecule has 0 bridgehead atoms. The van der Waals surface area contributed by atoms with Crippen LogP contribution in [-0.4, -0.2) is 20.8 Å². The number of aromatic amines is 1. The molecule has 1 aromatic rings. The molecule has 1 saturated carbocycles. The molecule has 0 radical (unpaired) electrons. The number of thioether (sulfide) groups is 1. The molecule has 17 heavy (non-hydrogen) atoms. The summed E-state index contributed by atoms with van der Waals surface area (Å²) in [6.45, 7) is 0. The van der Waals surface area contributed by atoms with Crippen LogP contribution >= 0.6 is 11.8 Å². The second-order valence-electron chi connectivity index (χ2n) is 4.00. The Hall–Kier alpha value is -0.0400. The van der Waals surface area contributed by atoms with Crippen LogP contribution in [0.25, 0.3) is 0 Å². The third-order valence-corrected chi connectivity index (χ3v) is 3.55. The molecule has 1 heterocycles. The number of nitrogens with one attached hydrogen (secondary N) is 1. The average Bonchev–Trinajstić information content (AvgIpc) is 2.29. The van der Waals surface area contributed by atoms with E-state index in [1.807, 2.05) is 0 Å². The van der Waals surface area contributed by atoms with Crippen LogP contribution in [0.5, 0.6) is 0 Å². The maximum atomic E-state index is 11.8. The zero-order valence-corrected chi connectivity index (χ0v) is 13.0. The molecule has 2 rings (SSSR count). The van der Waals surface area contributed by atoms with E-state index in [2.05, 4.69) is 9.97 Å². The molecule has 5 nitrogen and oxygen atoms in total. The number of rotatable bonds is 2. The number of nitrogens with zero attached hydrogens (tertiary/aromatic N) is 2. The predicted molar refractivity (Wildman–Crippen MR) is 63.0 cm³/mol. The predicted octanol–water partition coefficient (Wildman–Crippen LogP) is -1.84. The molecule has 1 aromatic heterocycles. The van der Waals surface area contributed by atoms with E-state index >= 15 is 0 Å². The molecular formula is C10H15N3NaO2S+. The zero-order chi connectivity index (χ0) is 11.5. The SMILES string of the molecule is CSc1nc(=O)n(C2CCCCC2)c(=O)[nH]1.[Na+]. The minimum Gasteiger partial charge on any atom is -0.286 e. The van der Waals surface area contributed by atoms with Crippen molar-refractivity contribution in [1.82, 2.24) is 14.5 Å². The van der Waals surface area contributed by atoms with Gasteiger partial charge in [0.2, 0.25) is 0 Å². The second kappa shape index (κ2) is 6.78. The van der Waals surface area contributed by atoms with Crippen molar-refractivity contribution in [2.75, 3.05) is 6.26 Å². The molecule has 0 aliphatic heterocycles. The fourth-order valence-corrected chi connectivity index (χ4v) is 2.52. The van der Waals surface area contributed by atoms with Crippen molar-refractivity contribution in [3.05, 3.63) is 21.0 Å². The summed E-state index contributed by atoms with van der Waals surface area (Å²) in [5.74, 6) is 0. The first-order valence-corrected chi connectivity index (χ1v) is 6.71. The van der Waals surface area contributed by atoms with Crippen LogP contribution in [0.4, 0.5) is 0 Å². The normalized spacial score (nSPS) is 16.5. The van der Waals surface area contributed by atoms with Crippen LogP contribution in [0.1, 0.15) is 38.1 Å². The Morgan fingerprint density at radius 3 is 2.47 bits per heavy atom. The Morgan fingerprint density at radius 2 is 1.94 bits per heavy atom. The Labute approximate surface area is 126 Å². The van der Waals surface area contributed by atoms with Gasteiger partial charge in [0.1, 0.15) is 0 Å². The van der Waals surface area contributed by atoms with Crippen molar-refractivity contribution >= 4 is 11.8 Å². The fourth-order valence-electron chi connectivity index (χ4n) is 2.17. The van der Waals surface area contributed by atoms with Gasteiger partial charge < -0.3 is 0 Å². The molecule has 0 saturated heterocycles. The van der Waals surface area contributed by atoms with Crippen molar-refractivity contribution in [2.24, 2.45) is 0 Å². The molecule has 0 atom stereocenters. The van der Waals surface area contributed by atoms with Crippen molar-refractivity contribution in [1.29, 1.82) is 0 Å². The van der Waals surface area contributed by atoms with Gasteiger partial charge in [0, 0.05) is 6.04 Å². The summed E-state index contributed by atoms with van der Waals surface area (Å²) in [5.41, 5.74) is -0.740. The van der Waals surface area contributed by atoms with Crippen LogP contribution in [0.15, 0.2) is 14.7 Å². The maximum Gasteiger partial charge on any atom is 1.00 e. The van der Waals surface area contributed by atoms with E-state index in [4.69, 9.17) is 0 Å². The third kappa shape index (κ3) is 3.47. The van der Waals surface area contributed by atoms with Crippen LogP contribution < -0.4 is 40.9 Å². The van der Waals surface area contributed by atoms with E-state index in [1.54, 1.807) is 6.26 Å². The molecule has 0 amide bonds. The number of hydrogen-bond donors (Lipinski definition) is 1. The minimum atomic E-state index is -0.417. The van der Waals surface area contributed by atoms with Gasteiger partial charge in [-0.05, 0) is 19.1 Å². The maximum absolute atomic E-state index is 11.8. The summed E-state index contributed by atoms with van der Waals surface area (Å²) < 4.78 is 1.28. The molecule has 1 aliphatic rings. The quantitative estimate of drug-likeness (QED) is 0.504. The summed E-state index contributed by atoms with van der Waals surface area (Å²) in [6.07, 6.45) is 6.95. The van der Waals surface area contributed by atoms with Gasteiger partial charge in [-0.15, -0.1) is 0 Å². The Bertz CT molecular complexity index is 448. The van der Waals surface area contributed by atoms with Crippen LogP contribution in [0, 0.1) is 0 Å². The van der Waals surface area contributed by atoms with Crippen LogP contribution in [-0.2, 0) is 0 Å². The second-order valence-corrected chi connectivity index (χ2v) is 4.79. The van der Waals surface area contributed by atoms with E-state index in [9.17, 15) is 9.59 Å². The zero-order valence-electron chi connectivity index (χ0n) is 10.2. The first-order valence-electron chi connectivity index (χ1n) is 5.49. The molecule has 7 heteroatoms. The van der Waals surface area contributed by atoms with Crippen molar-refractivity contribution in [3.8, 4) is 0 Å². The van der Waals surface area contributed by atoms with Gasteiger partial charge in [0.25, 0.3) is 0 Å². The largest absolute Gasteiger partial charge is 1.00 e. The number of hydrogen-bond acceptors (Lipinski definition) is 4. The summed E-state index contributed by atoms with van der Waals surface area (Å²) >= 11 is 1.27. The van der Waals surface area contributed by atoms with Crippen molar-refractivity contribution < 1.29 is 29.6 Å². The molecule has 0 spiro atoms. The van der Waals surface area contributed by atoms with Gasteiger partial charge in [0.15, 0.2) is 5.16 Å². The Balaban J connectivity index is 0.00000144. The van der Waals surface area contributed by atoms with Gasteiger partial charge in [-0.1, -0.05) is 31.0 Å². The molecule has 0 aromatic carbocycles. The van der Waals surface area contributed by atoms with Gasteiger partial charge in [-0.2, -0.15) is 4.98 Å². The molecule has 1 N–H and O–H groups in total. The van der Waals surface area contributed by atoms with E-state index < -0.39 is 5.69 Å². The van der Waals surface area contributed by atoms with Crippen LogP contribution in [0.2, 0.25) is 0 Å². The first-order chi connectivity index (χ1) is 7.72. The number of H-pyrrole nitrogens is 1. The molecule has 1 aliphatic carbocycles. The molecular weight excluding hydrogens is 249 g/mol. The van der Waals surface area contributed by atoms with Crippen molar-refractivity contribution in [2.45, 2.75) is 43.3 Å². The Kier molecular flexibility index (Phi) is 5.99. The standard InChI is InChI=1S/C10H15N3O2S.Na/c1-16-8-11-9(14)13(10(15)12-8)7-5-3-2-4-6-7;/h7H,2-6H2,1H3,(H,11,12,14,15);/q;+1. The van der Waals surface area contributed by atoms with E-state index in [0.29, 0.717) is 5.16 Å². The van der Waals surface area contributed by atoms with E-state index in [1.165, 1.54) is 22.7 Å². The summed E-state index contributed by atoms with van der Waals surface area (Å²) in [5, 5.41) is 0.391. The smallest absolute Gasteiger partial charge is 0.286 e. The van der Waals surface area contributed by atoms with Crippen molar-refractivity contribution in [3.63, 3.8) is 0 Å². The average molecular weight is 264 g/mol. The van der Waals surface area contributed by atoms with Gasteiger partial charge in [-0.25, -0.2) is 14.2 Å². The summed E-state index contributed by atoms with van der Waals surface area (Å²) in [6, 6.07) is 0.0356. The summed E-state index contributed by atoms with van der Waals surface area (Å²) in [7, 11) is 0. The number of aromatic nitrogens is 3. The Morgan fingerprint density at radius 1 is 1.29 bits per heavy atom. The summed E-state index contributed by atoms with van der Waals surface area (Å²) in [4.78, 5) is 30.0. The minimum absolute atomic E-state index is 0.